The van der Waals surface area contributed by atoms with Crippen molar-refractivity contribution in [3.63, 3.8) is 0 Å². The molecule has 1 nitrogen and oxygen atoms in total. The molecular formula is C6H18Cl3FeN. The fraction of sp³-hybridized carbons (Fsp3) is 1.00. The first-order valence-corrected chi connectivity index (χ1v) is 3.07. The fourth-order valence-electron chi connectivity index (χ4n) is 0.671. The first-order valence-electron chi connectivity index (χ1n) is 3.07. The molecule has 0 aliphatic rings. The van der Waals surface area contributed by atoms with Crippen molar-refractivity contribution in [1.82, 2.24) is 4.90 Å². The van der Waals surface area contributed by atoms with Gasteiger partial charge < -0.3 is 4.90 Å². The van der Waals surface area contributed by atoms with E-state index < -0.39 is 0 Å². The zero-order chi connectivity index (χ0) is 5.70. The van der Waals surface area contributed by atoms with E-state index in [-0.39, 0.29) is 54.3 Å². The van der Waals surface area contributed by atoms with Crippen LogP contribution in [0.3, 0.4) is 0 Å². The van der Waals surface area contributed by atoms with Crippen LogP contribution >= 0.6 is 37.2 Å². The third-order valence-electron chi connectivity index (χ3n) is 1.34. The molecule has 0 aliphatic carbocycles. The Balaban J connectivity index is -0.0000000300. The van der Waals surface area contributed by atoms with Crippen molar-refractivity contribution in [3.8, 4) is 0 Å². The predicted octanol–water partition coefficient (Wildman–Crippen LogP) is 2.61. The quantitative estimate of drug-likeness (QED) is 0.710. The van der Waals surface area contributed by atoms with Crippen LogP contribution in [0.5, 0.6) is 0 Å². The van der Waals surface area contributed by atoms with Gasteiger partial charge in [0.1, 0.15) is 0 Å². The van der Waals surface area contributed by atoms with Crippen molar-refractivity contribution in [1.29, 1.82) is 0 Å². The van der Waals surface area contributed by atoms with Crippen LogP contribution in [0.2, 0.25) is 0 Å². The van der Waals surface area contributed by atoms with Gasteiger partial charge in [-0.1, -0.05) is 20.8 Å². The minimum atomic E-state index is 0. The van der Waals surface area contributed by atoms with E-state index in [2.05, 4.69) is 25.7 Å². The molecule has 0 unspecified atom stereocenters. The summed E-state index contributed by atoms with van der Waals surface area (Å²) in [5.74, 6) is 0. The molecule has 0 atom stereocenters. The standard InChI is InChI=1S/C6H15N.3ClH.Fe/c1-4-7(5-2)6-3;;;;/h4-6H2,1-3H3;3*1H;. The van der Waals surface area contributed by atoms with Gasteiger partial charge in [0.15, 0.2) is 0 Å². The molecule has 76 valence electrons. The molecule has 5 heteroatoms. The van der Waals surface area contributed by atoms with Gasteiger partial charge in [0.2, 0.25) is 0 Å². The molecule has 0 radical (unpaired) electrons. The zero-order valence-electron chi connectivity index (χ0n) is 7.15. The van der Waals surface area contributed by atoms with Crippen LogP contribution in [0.4, 0.5) is 0 Å². The van der Waals surface area contributed by atoms with Crippen molar-refractivity contribution in [2.45, 2.75) is 20.8 Å². The summed E-state index contributed by atoms with van der Waals surface area (Å²) in [6.07, 6.45) is 0. The van der Waals surface area contributed by atoms with E-state index in [0.29, 0.717) is 0 Å². The molecule has 0 aromatic rings. The van der Waals surface area contributed by atoms with Crippen LogP contribution in [0, 0.1) is 0 Å². The van der Waals surface area contributed by atoms with Crippen LogP contribution in [-0.2, 0) is 17.1 Å². The first-order chi connectivity index (χ1) is 3.35. The SMILES string of the molecule is CCN(CC)CC.Cl.Cl.Cl.[Fe]. The van der Waals surface area contributed by atoms with Gasteiger partial charge in [-0.15, -0.1) is 37.2 Å². The number of nitrogens with zero attached hydrogens (tertiary/aromatic N) is 1. The average Bonchev–Trinajstić information content (AvgIpc) is 1.72. The van der Waals surface area contributed by atoms with Gasteiger partial charge >= 0.3 is 0 Å². The summed E-state index contributed by atoms with van der Waals surface area (Å²) in [5.41, 5.74) is 0. The molecule has 0 aliphatic heterocycles. The molecule has 0 aromatic heterocycles. The molecular weight excluding hydrogens is 248 g/mol. The van der Waals surface area contributed by atoms with Crippen LogP contribution in [0.1, 0.15) is 20.8 Å². The summed E-state index contributed by atoms with van der Waals surface area (Å²) < 4.78 is 0. The second-order valence-corrected chi connectivity index (χ2v) is 1.62. The van der Waals surface area contributed by atoms with E-state index in [1.54, 1.807) is 0 Å². The molecule has 0 heterocycles. The van der Waals surface area contributed by atoms with Crippen LogP contribution in [0.25, 0.3) is 0 Å². The summed E-state index contributed by atoms with van der Waals surface area (Å²) in [7, 11) is 0. The minimum Gasteiger partial charge on any atom is -0.304 e. The van der Waals surface area contributed by atoms with Gasteiger partial charge in [-0.3, -0.25) is 0 Å². The molecule has 0 aromatic carbocycles. The molecule has 0 fully saturated rings. The Kier molecular flexibility index (Phi) is 60.3. The fourth-order valence-corrected chi connectivity index (χ4v) is 0.671. The number of halogens is 3. The van der Waals surface area contributed by atoms with E-state index in [1.165, 1.54) is 19.6 Å². The molecule has 0 spiro atoms. The van der Waals surface area contributed by atoms with Gasteiger partial charge in [0, 0.05) is 17.1 Å². The normalized spacial score (nSPS) is 6.55. The monoisotopic (exact) mass is 265 g/mol. The van der Waals surface area contributed by atoms with Crippen LogP contribution in [0.15, 0.2) is 0 Å². The first kappa shape index (κ1) is 29.5. The molecule has 0 saturated carbocycles. The van der Waals surface area contributed by atoms with E-state index in [4.69, 9.17) is 0 Å². The van der Waals surface area contributed by atoms with E-state index in [1.807, 2.05) is 0 Å². The maximum Gasteiger partial charge on any atom is 0 e. The Bertz CT molecular complexity index is 39.3. The van der Waals surface area contributed by atoms with Crippen molar-refractivity contribution in [2.75, 3.05) is 19.6 Å². The largest absolute Gasteiger partial charge is 0.304 e. The Morgan fingerprint density at radius 2 is 0.909 bits per heavy atom. The Hall–Kier alpha value is 1.35. The smallest absolute Gasteiger partial charge is 0 e. The van der Waals surface area contributed by atoms with Crippen molar-refractivity contribution in [2.24, 2.45) is 0 Å². The van der Waals surface area contributed by atoms with Crippen molar-refractivity contribution < 1.29 is 17.1 Å². The Labute approximate surface area is 99.4 Å². The molecule has 0 amide bonds. The van der Waals surface area contributed by atoms with Gasteiger partial charge in [-0.05, 0) is 19.6 Å². The average molecular weight is 266 g/mol. The topological polar surface area (TPSA) is 3.24 Å². The summed E-state index contributed by atoms with van der Waals surface area (Å²) in [6.45, 7) is 10.1. The van der Waals surface area contributed by atoms with Gasteiger partial charge in [0.25, 0.3) is 0 Å². The number of hydrogen-bond donors (Lipinski definition) is 0. The summed E-state index contributed by atoms with van der Waals surface area (Å²) >= 11 is 0. The van der Waals surface area contributed by atoms with Crippen LogP contribution < -0.4 is 0 Å². The molecule has 11 heavy (non-hydrogen) atoms. The Morgan fingerprint density at radius 3 is 0.909 bits per heavy atom. The summed E-state index contributed by atoms with van der Waals surface area (Å²) in [4.78, 5) is 2.38. The maximum absolute atomic E-state index is 2.38. The minimum absolute atomic E-state index is 0. The van der Waals surface area contributed by atoms with Crippen molar-refractivity contribution >= 4 is 37.2 Å². The summed E-state index contributed by atoms with van der Waals surface area (Å²) in [5, 5.41) is 0. The van der Waals surface area contributed by atoms with E-state index in [9.17, 15) is 0 Å². The van der Waals surface area contributed by atoms with Gasteiger partial charge in [-0.2, -0.15) is 0 Å². The maximum atomic E-state index is 2.38. The summed E-state index contributed by atoms with van der Waals surface area (Å²) in [6, 6.07) is 0. The number of rotatable bonds is 3. The predicted molar refractivity (Wildman–Crippen MR) is 55.2 cm³/mol. The second kappa shape index (κ2) is 22.5. The number of hydrogen-bond acceptors (Lipinski definition) is 1. The van der Waals surface area contributed by atoms with Crippen LogP contribution in [-0.4, -0.2) is 24.5 Å². The zero-order valence-corrected chi connectivity index (χ0v) is 10.7. The second-order valence-electron chi connectivity index (χ2n) is 1.62. The van der Waals surface area contributed by atoms with Crippen molar-refractivity contribution in [3.05, 3.63) is 0 Å². The molecule has 0 saturated heterocycles. The van der Waals surface area contributed by atoms with Gasteiger partial charge in [0.05, 0.1) is 0 Å². The van der Waals surface area contributed by atoms with E-state index >= 15 is 0 Å². The Morgan fingerprint density at radius 1 is 0.727 bits per heavy atom. The third kappa shape index (κ3) is 18.4. The molecule has 0 bridgehead atoms. The van der Waals surface area contributed by atoms with E-state index in [0.717, 1.165) is 0 Å². The van der Waals surface area contributed by atoms with Gasteiger partial charge in [-0.25, -0.2) is 0 Å². The third-order valence-corrected chi connectivity index (χ3v) is 1.34. The molecule has 0 rings (SSSR count). The molecule has 0 N–H and O–H groups in total.